The minimum absolute atomic E-state index is 0.0831. The van der Waals surface area contributed by atoms with Crippen LogP contribution < -0.4 is 0 Å². The first-order valence-corrected chi connectivity index (χ1v) is 7.58. The quantitative estimate of drug-likeness (QED) is 0.705. The monoisotopic (exact) mass is 278 g/mol. The summed E-state index contributed by atoms with van der Waals surface area (Å²) in [4.78, 5) is 0. The molecule has 104 valence electrons. The molecule has 0 bridgehead atoms. The van der Waals surface area contributed by atoms with Gasteiger partial charge in [0, 0.05) is 17.0 Å². The molecule has 1 fully saturated rings. The van der Waals surface area contributed by atoms with E-state index in [4.69, 9.17) is 16.3 Å². The minimum Gasteiger partial charge on any atom is -0.381 e. The molecule has 2 unspecified atom stereocenters. The molecule has 2 heteroatoms. The molecule has 1 saturated heterocycles. The molecule has 0 N–H and O–H groups in total. The Morgan fingerprint density at radius 2 is 2.11 bits per heavy atom. The summed E-state index contributed by atoms with van der Waals surface area (Å²) >= 11 is 6.03. The second-order valence-corrected chi connectivity index (χ2v) is 5.75. The molecule has 2 atom stereocenters. The van der Waals surface area contributed by atoms with Gasteiger partial charge >= 0.3 is 0 Å². The van der Waals surface area contributed by atoms with E-state index in [-0.39, 0.29) is 5.41 Å². The van der Waals surface area contributed by atoms with Crippen LogP contribution in [0.15, 0.2) is 36.4 Å². The van der Waals surface area contributed by atoms with Crippen molar-refractivity contribution in [2.75, 3.05) is 13.2 Å². The van der Waals surface area contributed by atoms with Crippen molar-refractivity contribution in [1.29, 1.82) is 0 Å². The molecule has 19 heavy (non-hydrogen) atoms. The number of hydrogen-bond acceptors (Lipinski definition) is 1. The summed E-state index contributed by atoms with van der Waals surface area (Å²) in [5.41, 5.74) is 1.44. The van der Waals surface area contributed by atoms with Crippen LogP contribution in [0.25, 0.3) is 0 Å². The molecule has 1 heterocycles. The van der Waals surface area contributed by atoms with E-state index in [1.807, 2.05) is 12.1 Å². The number of hydrogen-bond donors (Lipinski definition) is 0. The summed E-state index contributed by atoms with van der Waals surface area (Å²) < 4.78 is 5.72. The number of benzene rings is 1. The third-order valence-corrected chi connectivity index (χ3v) is 4.57. The highest BCUT2D eigenvalue weighted by Gasteiger charge is 2.37. The van der Waals surface area contributed by atoms with Crippen LogP contribution in [0.1, 0.15) is 38.7 Å². The Morgan fingerprint density at radius 1 is 1.37 bits per heavy atom. The lowest BCUT2D eigenvalue weighted by atomic mass is 9.66. The summed E-state index contributed by atoms with van der Waals surface area (Å²) in [5.74, 6) is 0.559. The van der Waals surface area contributed by atoms with Crippen LogP contribution in [0.3, 0.4) is 0 Å². The summed E-state index contributed by atoms with van der Waals surface area (Å²) in [5, 5.41) is 0.800. The molecular formula is C17H23ClO. The molecular weight excluding hydrogens is 256 g/mol. The maximum atomic E-state index is 6.03. The van der Waals surface area contributed by atoms with Crippen molar-refractivity contribution in [2.24, 2.45) is 5.92 Å². The first kappa shape index (κ1) is 14.6. The van der Waals surface area contributed by atoms with Crippen LogP contribution in [0.4, 0.5) is 0 Å². The lowest BCUT2D eigenvalue weighted by Gasteiger charge is -2.40. The van der Waals surface area contributed by atoms with Crippen LogP contribution in [0.5, 0.6) is 0 Å². The predicted molar refractivity (Wildman–Crippen MR) is 81.8 cm³/mol. The molecule has 1 nitrogen and oxygen atoms in total. The summed E-state index contributed by atoms with van der Waals surface area (Å²) in [6.07, 6.45) is 8.02. The Morgan fingerprint density at radius 3 is 2.63 bits per heavy atom. The Kier molecular flexibility index (Phi) is 5.06. The van der Waals surface area contributed by atoms with Gasteiger partial charge in [-0.3, -0.25) is 0 Å². The van der Waals surface area contributed by atoms with Crippen molar-refractivity contribution < 1.29 is 4.74 Å². The van der Waals surface area contributed by atoms with Crippen molar-refractivity contribution in [3.8, 4) is 0 Å². The van der Waals surface area contributed by atoms with Crippen molar-refractivity contribution in [1.82, 2.24) is 0 Å². The minimum atomic E-state index is 0.0831. The number of halogens is 1. The topological polar surface area (TPSA) is 9.23 Å². The third-order valence-electron chi connectivity index (χ3n) is 4.32. The Bertz CT molecular complexity index is 417. The third kappa shape index (κ3) is 3.04. The van der Waals surface area contributed by atoms with E-state index in [9.17, 15) is 0 Å². The van der Waals surface area contributed by atoms with E-state index in [0.717, 1.165) is 31.1 Å². The van der Waals surface area contributed by atoms with Crippen molar-refractivity contribution >= 4 is 11.6 Å². The zero-order valence-corrected chi connectivity index (χ0v) is 12.6. The molecule has 1 aliphatic rings. The molecule has 0 saturated carbocycles. The molecule has 1 aromatic rings. The molecule has 1 aliphatic heterocycles. The molecule has 0 aromatic heterocycles. The first-order valence-electron chi connectivity index (χ1n) is 7.20. The molecule has 0 amide bonds. The SMILES string of the molecule is CC=CC(CC)(c1ccc(Cl)cc1)C1CCCOC1. The molecule has 0 radical (unpaired) electrons. The van der Waals surface area contributed by atoms with Gasteiger partial charge in [-0.05, 0) is 49.8 Å². The van der Waals surface area contributed by atoms with Gasteiger partial charge in [-0.1, -0.05) is 42.8 Å². The highest BCUT2D eigenvalue weighted by Crippen LogP contribution is 2.41. The number of rotatable bonds is 4. The second kappa shape index (κ2) is 6.58. The van der Waals surface area contributed by atoms with Gasteiger partial charge in [-0.25, -0.2) is 0 Å². The lowest BCUT2D eigenvalue weighted by molar-refractivity contribution is 0.0287. The van der Waals surface area contributed by atoms with Crippen LogP contribution in [-0.4, -0.2) is 13.2 Å². The molecule has 1 aromatic carbocycles. The van der Waals surface area contributed by atoms with Crippen molar-refractivity contribution in [3.05, 3.63) is 47.0 Å². The van der Waals surface area contributed by atoms with Gasteiger partial charge < -0.3 is 4.74 Å². The first-order chi connectivity index (χ1) is 9.23. The van der Waals surface area contributed by atoms with Gasteiger partial charge in [0.1, 0.15) is 0 Å². The van der Waals surface area contributed by atoms with Crippen molar-refractivity contribution in [3.63, 3.8) is 0 Å². The Labute approximate surface area is 121 Å². The number of allylic oxidation sites excluding steroid dienone is 2. The average molecular weight is 279 g/mol. The van der Waals surface area contributed by atoms with Crippen LogP contribution >= 0.6 is 11.6 Å². The predicted octanol–water partition coefficient (Wildman–Crippen LogP) is 4.99. The summed E-state index contributed by atoms with van der Waals surface area (Å²) in [7, 11) is 0. The fourth-order valence-electron chi connectivity index (χ4n) is 3.28. The van der Waals surface area contributed by atoms with Gasteiger partial charge in [-0.2, -0.15) is 0 Å². The Balaban J connectivity index is 2.40. The van der Waals surface area contributed by atoms with Crippen LogP contribution in [0, 0.1) is 5.92 Å². The highest BCUT2D eigenvalue weighted by atomic mass is 35.5. The normalized spacial score (nSPS) is 23.4. The van der Waals surface area contributed by atoms with E-state index in [1.54, 1.807) is 0 Å². The van der Waals surface area contributed by atoms with Gasteiger partial charge in [0.25, 0.3) is 0 Å². The zero-order valence-electron chi connectivity index (χ0n) is 11.9. The average Bonchev–Trinajstić information content (AvgIpc) is 2.47. The van der Waals surface area contributed by atoms with Gasteiger partial charge in [0.15, 0.2) is 0 Å². The van der Waals surface area contributed by atoms with Gasteiger partial charge in [-0.15, -0.1) is 0 Å². The van der Waals surface area contributed by atoms with E-state index in [2.05, 4.69) is 38.1 Å². The lowest BCUT2D eigenvalue weighted by Crippen LogP contribution is -2.38. The van der Waals surface area contributed by atoms with Crippen LogP contribution in [0.2, 0.25) is 5.02 Å². The van der Waals surface area contributed by atoms with E-state index in [0.29, 0.717) is 5.92 Å². The van der Waals surface area contributed by atoms with E-state index >= 15 is 0 Å². The zero-order chi connectivity index (χ0) is 13.7. The van der Waals surface area contributed by atoms with Crippen molar-refractivity contribution in [2.45, 2.75) is 38.5 Å². The van der Waals surface area contributed by atoms with Gasteiger partial charge in [0.05, 0.1) is 6.61 Å². The van der Waals surface area contributed by atoms with E-state index < -0.39 is 0 Å². The fraction of sp³-hybridized carbons (Fsp3) is 0.529. The fourth-order valence-corrected chi connectivity index (χ4v) is 3.41. The van der Waals surface area contributed by atoms with E-state index in [1.165, 1.54) is 12.0 Å². The molecule has 0 aliphatic carbocycles. The smallest absolute Gasteiger partial charge is 0.0505 e. The van der Waals surface area contributed by atoms with Gasteiger partial charge in [0.2, 0.25) is 0 Å². The Hall–Kier alpha value is -0.790. The molecule has 2 rings (SSSR count). The maximum Gasteiger partial charge on any atom is 0.0505 e. The van der Waals surface area contributed by atoms with Crippen LogP contribution in [-0.2, 0) is 10.2 Å². The summed E-state index contributed by atoms with van der Waals surface area (Å²) in [6, 6.07) is 8.32. The maximum absolute atomic E-state index is 6.03. The summed E-state index contributed by atoms with van der Waals surface area (Å²) in [6.45, 7) is 6.14. The highest BCUT2D eigenvalue weighted by molar-refractivity contribution is 6.30. The standard InChI is InChI=1S/C17H23ClO/c1-3-11-17(4-2,15-6-5-12-19-13-15)14-7-9-16(18)10-8-14/h3,7-11,15H,4-6,12-13H2,1-2H3. The number of ether oxygens (including phenoxy) is 1. The molecule has 0 spiro atoms. The second-order valence-electron chi connectivity index (χ2n) is 5.31. The largest absolute Gasteiger partial charge is 0.381 e.